The van der Waals surface area contributed by atoms with E-state index in [2.05, 4.69) is 25.6 Å². The van der Waals surface area contributed by atoms with E-state index in [-0.39, 0.29) is 5.91 Å². The average Bonchev–Trinajstić information content (AvgIpc) is 3.32. The Kier molecular flexibility index (Phi) is 5.14. The summed E-state index contributed by atoms with van der Waals surface area (Å²) in [5, 5.41) is 10.5. The second kappa shape index (κ2) is 7.87. The van der Waals surface area contributed by atoms with E-state index in [0.717, 1.165) is 27.6 Å². The van der Waals surface area contributed by atoms with E-state index in [1.807, 2.05) is 54.9 Å². The van der Waals surface area contributed by atoms with Gasteiger partial charge >= 0.3 is 0 Å². The van der Waals surface area contributed by atoms with Gasteiger partial charge in [0.15, 0.2) is 5.13 Å². The van der Waals surface area contributed by atoms with Crippen molar-refractivity contribution in [3.63, 3.8) is 0 Å². The summed E-state index contributed by atoms with van der Waals surface area (Å²) in [4.78, 5) is 26.9. The fraction of sp³-hybridized carbons (Fsp3) is 0.100. The van der Waals surface area contributed by atoms with Gasteiger partial charge in [0.1, 0.15) is 0 Å². The first-order valence-corrected chi connectivity index (χ1v) is 10.3. The monoisotopic (exact) mass is 407 g/mol. The Balaban J connectivity index is 1.48. The third-order valence-corrected chi connectivity index (χ3v) is 5.51. The van der Waals surface area contributed by atoms with Gasteiger partial charge in [-0.25, -0.2) is 15.0 Å². The molecular weight excluding hydrogens is 390 g/mol. The molecule has 0 unspecified atom stereocenters. The first kappa shape index (κ1) is 18.3. The molecule has 0 spiro atoms. The summed E-state index contributed by atoms with van der Waals surface area (Å²) in [6.07, 6.45) is 0. The quantitative estimate of drug-likeness (QED) is 0.471. The van der Waals surface area contributed by atoms with Crippen LogP contribution in [-0.4, -0.2) is 20.9 Å². The number of aromatic nitrogens is 3. The highest BCUT2D eigenvalue weighted by molar-refractivity contribution is 7.16. The average molecular weight is 408 g/mol. The molecule has 4 rings (SSSR count). The Labute approximate surface area is 170 Å². The molecule has 0 aliphatic rings. The molecule has 3 heterocycles. The molecule has 0 saturated carbocycles. The van der Waals surface area contributed by atoms with Gasteiger partial charge in [-0.3, -0.25) is 10.1 Å². The summed E-state index contributed by atoms with van der Waals surface area (Å²) in [7, 11) is 0. The van der Waals surface area contributed by atoms with Gasteiger partial charge in [0.25, 0.3) is 5.91 Å². The zero-order valence-electron chi connectivity index (χ0n) is 15.3. The molecule has 8 heteroatoms. The van der Waals surface area contributed by atoms with Crippen LogP contribution >= 0.6 is 22.7 Å². The third kappa shape index (κ3) is 4.24. The van der Waals surface area contributed by atoms with Crippen LogP contribution in [0, 0.1) is 13.8 Å². The van der Waals surface area contributed by atoms with Crippen molar-refractivity contribution in [2.75, 3.05) is 10.6 Å². The molecule has 1 aromatic carbocycles. The predicted octanol–water partition coefficient (Wildman–Crippen LogP) is 5.27. The third-order valence-electron chi connectivity index (χ3n) is 3.86. The number of benzene rings is 1. The van der Waals surface area contributed by atoms with E-state index >= 15 is 0 Å². The zero-order chi connectivity index (χ0) is 19.5. The molecule has 4 aromatic rings. The van der Waals surface area contributed by atoms with Gasteiger partial charge in [0.2, 0.25) is 5.95 Å². The van der Waals surface area contributed by atoms with Crippen molar-refractivity contribution in [3.05, 3.63) is 70.2 Å². The van der Waals surface area contributed by atoms with E-state index in [1.54, 1.807) is 23.5 Å². The lowest BCUT2D eigenvalue weighted by atomic mass is 10.2. The lowest BCUT2D eigenvalue weighted by Gasteiger charge is -2.08. The predicted molar refractivity (Wildman–Crippen MR) is 115 cm³/mol. The van der Waals surface area contributed by atoms with Gasteiger partial charge in [-0.1, -0.05) is 12.1 Å². The van der Waals surface area contributed by atoms with Gasteiger partial charge in [-0.15, -0.1) is 22.7 Å². The number of carbonyl (C=O) groups excluding carboxylic acids is 1. The first-order valence-electron chi connectivity index (χ1n) is 8.57. The zero-order valence-corrected chi connectivity index (χ0v) is 16.9. The molecule has 0 aliphatic heterocycles. The van der Waals surface area contributed by atoms with Gasteiger partial charge in [0.05, 0.1) is 10.6 Å². The van der Waals surface area contributed by atoms with Crippen LogP contribution in [0.2, 0.25) is 0 Å². The number of carbonyl (C=O) groups is 1. The van der Waals surface area contributed by atoms with E-state index in [1.165, 1.54) is 11.3 Å². The molecule has 0 fully saturated rings. The fourth-order valence-corrected chi connectivity index (χ4v) is 4.15. The van der Waals surface area contributed by atoms with Crippen molar-refractivity contribution in [2.45, 2.75) is 13.8 Å². The molecule has 0 bridgehead atoms. The van der Waals surface area contributed by atoms with Crippen LogP contribution in [0.3, 0.4) is 0 Å². The SMILES string of the molecule is Cc1cc(C)nc(Nc2cccc(C(=O)Nc3nc(-c4cccs4)cs3)c2)n1. The van der Waals surface area contributed by atoms with Crippen molar-refractivity contribution in [2.24, 2.45) is 0 Å². The van der Waals surface area contributed by atoms with Crippen molar-refractivity contribution in [1.82, 2.24) is 15.0 Å². The van der Waals surface area contributed by atoms with Crippen LogP contribution in [-0.2, 0) is 0 Å². The largest absolute Gasteiger partial charge is 0.324 e. The summed E-state index contributed by atoms with van der Waals surface area (Å²) in [5.74, 6) is 0.299. The minimum Gasteiger partial charge on any atom is -0.324 e. The van der Waals surface area contributed by atoms with E-state index in [4.69, 9.17) is 0 Å². The molecule has 3 aromatic heterocycles. The van der Waals surface area contributed by atoms with Gasteiger partial charge < -0.3 is 5.32 Å². The number of hydrogen-bond donors (Lipinski definition) is 2. The number of aryl methyl sites for hydroxylation is 2. The Morgan fingerprint density at radius 1 is 0.964 bits per heavy atom. The number of thiazole rings is 1. The molecule has 0 saturated heterocycles. The van der Waals surface area contributed by atoms with Crippen LogP contribution in [0.1, 0.15) is 21.7 Å². The lowest BCUT2D eigenvalue weighted by molar-refractivity contribution is 0.102. The summed E-state index contributed by atoms with van der Waals surface area (Å²) in [6, 6.07) is 13.1. The minimum atomic E-state index is -0.211. The molecule has 0 radical (unpaired) electrons. The summed E-state index contributed by atoms with van der Waals surface area (Å²) in [5.41, 5.74) is 3.92. The number of amides is 1. The maximum atomic E-state index is 12.6. The molecular formula is C20H17N5OS2. The van der Waals surface area contributed by atoms with E-state index in [9.17, 15) is 4.79 Å². The maximum absolute atomic E-state index is 12.6. The smallest absolute Gasteiger partial charge is 0.257 e. The first-order chi connectivity index (χ1) is 13.6. The number of rotatable bonds is 5. The minimum absolute atomic E-state index is 0.211. The second-order valence-corrected chi connectivity index (χ2v) is 7.96. The number of nitrogens with one attached hydrogen (secondary N) is 2. The van der Waals surface area contributed by atoms with E-state index in [0.29, 0.717) is 16.6 Å². The van der Waals surface area contributed by atoms with Crippen LogP contribution < -0.4 is 10.6 Å². The lowest BCUT2D eigenvalue weighted by Crippen LogP contribution is -2.12. The Hall–Kier alpha value is -3.10. The summed E-state index contributed by atoms with van der Waals surface area (Å²) in [6.45, 7) is 3.84. The summed E-state index contributed by atoms with van der Waals surface area (Å²) < 4.78 is 0. The van der Waals surface area contributed by atoms with Crippen molar-refractivity contribution >= 4 is 45.3 Å². The Morgan fingerprint density at radius 2 is 1.79 bits per heavy atom. The summed E-state index contributed by atoms with van der Waals surface area (Å²) >= 11 is 3.03. The van der Waals surface area contributed by atoms with Crippen LogP contribution in [0.25, 0.3) is 10.6 Å². The standard InChI is InChI=1S/C20H17N5OS2/c1-12-9-13(2)22-19(21-12)23-15-6-3-5-14(10-15)18(26)25-20-24-16(11-28-20)17-7-4-8-27-17/h3-11H,1-2H3,(H,21,22,23)(H,24,25,26). The fourth-order valence-electron chi connectivity index (χ4n) is 2.69. The number of nitrogens with zero attached hydrogens (tertiary/aromatic N) is 3. The van der Waals surface area contributed by atoms with Crippen LogP contribution in [0.5, 0.6) is 0 Å². The highest BCUT2D eigenvalue weighted by Crippen LogP contribution is 2.28. The Morgan fingerprint density at radius 3 is 2.54 bits per heavy atom. The molecule has 0 aliphatic carbocycles. The second-order valence-electron chi connectivity index (χ2n) is 6.15. The Bertz CT molecular complexity index is 1100. The van der Waals surface area contributed by atoms with E-state index < -0.39 is 0 Å². The molecule has 0 atom stereocenters. The number of anilines is 3. The van der Waals surface area contributed by atoms with Gasteiger partial charge in [-0.2, -0.15) is 0 Å². The van der Waals surface area contributed by atoms with Crippen LogP contribution in [0.4, 0.5) is 16.8 Å². The number of hydrogen-bond acceptors (Lipinski definition) is 7. The molecule has 2 N–H and O–H groups in total. The molecule has 6 nitrogen and oxygen atoms in total. The topological polar surface area (TPSA) is 79.8 Å². The van der Waals surface area contributed by atoms with Crippen molar-refractivity contribution in [1.29, 1.82) is 0 Å². The highest BCUT2D eigenvalue weighted by Gasteiger charge is 2.11. The molecule has 1 amide bonds. The maximum Gasteiger partial charge on any atom is 0.257 e. The molecule has 140 valence electrons. The number of thiophene rings is 1. The van der Waals surface area contributed by atoms with Crippen LogP contribution in [0.15, 0.2) is 53.2 Å². The van der Waals surface area contributed by atoms with Crippen molar-refractivity contribution in [3.8, 4) is 10.6 Å². The normalized spacial score (nSPS) is 10.6. The van der Waals surface area contributed by atoms with Gasteiger partial charge in [-0.05, 0) is 49.6 Å². The van der Waals surface area contributed by atoms with Crippen molar-refractivity contribution < 1.29 is 4.79 Å². The molecule has 28 heavy (non-hydrogen) atoms. The highest BCUT2D eigenvalue weighted by atomic mass is 32.1. The van der Waals surface area contributed by atoms with Gasteiger partial charge in [0, 0.05) is 28.0 Å².